The minimum Gasteiger partial charge on any atom is -0.466 e. The number of likely N-dealkylation sites (tertiary alicyclic amines) is 1. The summed E-state index contributed by atoms with van der Waals surface area (Å²) >= 11 is 0. The minimum atomic E-state index is -0.0191. The molecule has 0 amide bonds. The first-order chi connectivity index (χ1) is 9.29. The van der Waals surface area contributed by atoms with Gasteiger partial charge in [0.05, 0.1) is 12.5 Å². The molecule has 0 bridgehead atoms. The summed E-state index contributed by atoms with van der Waals surface area (Å²) in [5, 5.41) is 0. The van der Waals surface area contributed by atoms with Gasteiger partial charge in [0.2, 0.25) is 0 Å². The molecule has 0 atom stereocenters. The van der Waals surface area contributed by atoms with Crippen LogP contribution < -0.4 is 0 Å². The number of rotatable bonds is 5. The summed E-state index contributed by atoms with van der Waals surface area (Å²) in [6, 6.07) is 4.08. The topological polar surface area (TPSA) is 42.4 Å². The molecule has 2 heterocycles. The van der Waals surface area contributed by atoms with Crippen molar-refractivity contribution >= 4 is 5.97 Å². The van der Waals surface area contributed by atoms with Gasteiger partial charge in [0.25, 0.3) is 0 Å². The summed E-state index contributed by atoms with van der Waals surface area (Å²) < 4.78 is 5.08. The lowest BCUT2D eigenvalue weighted by Gasteiger charge is -2.30. The first kappa shape index (κ1) is 14.0. The molecule has 2 rings (SSSR count). The number of carbonyl (C=O) groups excluding carboxylic acids is 1. The van der Waals surface area contributed by atoms with Crippen LogP contribution in [0.25, 0.3) is 0 Å². The van der Waals surface area contributed by atoms with Gasteiger partial charge in [-0.2, -0.15) is 0 Å². The first-order valence-corrected chi connectivity index (χ1v) is 7.07. The quantitative estimate of drug-likeness (QED) is 0.760. The Labute approximate surface area is 114 Å². The van der Waals surface area contributed by atoms with Crippen LogP contribution in [0.3, 0.4) is 0 Å². The van der Waals surface area contributed by atoms with E-state index in [2.05, 4.69) is 16.0 Å². The van der Waals surface area contributed by atoms with Crippen molar-refractivity contribution in [2.75, 3.05) is 26.2 Å². The van der Waals surface area contributed by atoms with Gasteiger partial charge < -0.3 is 9.64 Å². The molecule has 0 unspecified atom stereocenters. The Morgan fingerprint density at radius 3 is 2.89 bits per heavy atom. The largest absolute Gasteiger partial charge is 0.466 e. The summed E-state index contributed by atoms with van der Waals surface area (Å²) in [6.45, 7) is 5.37. The van der Waals surface area contributed by atoms with Gasteiger partial charge in [0.1, 0.15) is 0 Å². The van der Waals surface area contributed by atoms with Crippen molar-refractivity contribution in [3.8, 4) is 0 Å². The second-order valence-corrected chi connectivity index (χ2v) is 4.98. The molecule has 104 valence electrons. The molecule has 1 fully saturated rings. The number of esters is 1. The third-order valence-electron chi connectivity index (χ3n) is 3.65. The van der Waals surface area contributed by atoms with Crippen LogP contribution in [0.2, 0.25) is 0 Å². The molecular weight excluding hydrogens is 240 g/mol. The fourth-order valence-corrected chi connectivity index (χ4v) is 2.49. The fourth-order valence-electron chi connectivity index (χ4n) is 2.49. The molecule has 0 aliphatic carbocycles. The number of hydrogen-bond acceptors (Lipinski definition) is 4. The van der Waals surface area contributed by atoms with Crippen LogP contribution in [0.4, 0.5) is 0 Å². The third-order valence-corrected chi connectivity index (χ3v) is 3.65. The molecule has 0 radical (unpaired) electrons. The van der Waals surface area contributed by atoms with Crippen molar-refractivity contribution in [1.29, 1.82) is 0 Å². The predicted octanol–water partition coefficient (Wildman–Crippen LogP) is 1.90. The summed E-state index contributed by atoms with van der Waals surface area (Å²) in [4.78, 5) is 18.2. The van der Waals surface area contributed by atoms with Crippen LogP contribution >= 0.6 is 0 Å². The fraction of sp³-hybridized carbons (Fsp3) is 0.600. The van der Waals surface area contributed by atoms with E-state index in [0.29, 0.717) is 6.61 Å². The van der Waals surface area contributed by atoms with Gasteiger partial charge in [0.15, 0.2) is 0 Å². The Morgan fingerprint density at radius 1 is 1.47 bits per heavy atom. The maximum atomic E-state index is 11.6. The van der Waals surface area contributed by atoms with Crippen molar-refractivity contribution in [2.45, 2.75) is 26.2 Å². The molecule has 4 nitrogen and oxygen atoms in total. The van der Waals surface area contributed by atoms with E-state index < -0.39 is 0 Å². The van der Waals surface area contributed by atoms with E-state index in [1.165, 1.54) is 5.56 Å². The van der Waals surface area contributed by atoms with Crippen LogP contribution in [0.15, 0.2) is 24.5 Å². The summed E-state index contributed by atoms with van der Waals surface area (Å²) in [7, 11) is 0. The minimum absolute atomic E-state index is 0.0191. The van der Waals surface area contributed by atoms with E-state index in [1.807, 2.05) is 19.2 Å². The molecule has 0 saturated carbocycles. The zero-order valence-electron chi connectivity index (χ0n) is 11.5. The molecule has 0 aromatic carbocycles. The van der Waals surface area contributed by atoms with Crippen molar-refractivity contribution in [2.24, 2.45) is 5.92 Å². The van der Waals surface area contributed by atoms with Crippen molar-refractivity contribution in [3.05, 3.63) is 30.1 Å². The average molecular weight is 262 g/mol. The van der Waals surface area contributed by atoms with Crippen molar-refractivity contribution in [1.82, 2.24) is 9.88 Å². The molecular formula is C15H22N2O2. The second-order valence-electron chi connectivity index (χ2n) is 4.98. The molecule has 1 aliphatic rings. The highest BCUT2D eigenvalue weighted by molar-refractivity contribution is 5.72. The molecule has 4 heteroatoms. The lowest BCUT2D eigenvalue weighted by atomic mass is 9.97. The normalized spacial score (nSPS) is 17.3. The molecule has 1 aromatic rings. The predicted molar refractivity (Wildman–Crippen MR) is 73.7 cm³/mol. The van der Waals surface area contributed by atoms with Gasteiger partial charge in [-0.05, 0) is 50.9 Å². The maximum Gasteiger partial charge on any atom is 0.309 e. The molecule has 0 N–H and O–H groups in total. The first-order valence-electron chi connectivity index (χ1n) is 7.07. The van der Waals surface area contributed by atoms with Gasteiger partial charge >= 0.3 is 5.97 Å². The van der Waals surface area contributed by atoms with Crippen LogP contribution in [-0.4, -0.2) is 42.1 Å². The van der Waals surface area contributed by atoms with E-state index in [1.54, 1.807) is 6.20 Å². The smallest absolute Gasteiger partial charge is 0.309 e. The molecule has 19 heavy (non-hydrogen) atoms. The zero-order chi connectivity index (χ0) is 13.5. The summed E-state index contributed by atoms with van der Waals surface area (Å²) in [5.74, 6) is 0.0870. The average Bonchev–Trinajstić information content (AvgIpc) is 2.47. The zero-order valence-corrected chi connectivity index (χ0v) is 11.5. The maximum absolute atomic E-state index is 11.6. The third kappa shape index (κ3) is 4.31. The van der Waals surface area contributed by atoms with Crippen LogP contribution in [0.5, 0.6) is 0 Å². The summed E-state index contributed by atoms with van der Waals surface area (Å²) in [6.07, 6.45) is 6.59. The van der Waals surface area contributed by atoms with Crippen LogP contribution in [-0.2, 0) is 16.0 Å². The number of ether oxygens (including phenoxy) is 1. The highest BCUT2D eigenvalue weighted by atomic mass is 16.5. The van der Waals surface area contributed by atoms with E-state index in [4.69, 9.17) is 4.74 Å². The SMILES string of the molecule is CCOC(=O)C1CCN(CCc2cccnc2)CC1. The van der Waals surface area contributed by atoms with E-state index >= 15 is 0 Å². The van der Waals surface area contributed by atoms with Gasteiger partial charge in [0, 0.05) is 18.9 Å². The number of nitrogens with zero attached hydrogens (tertiary/aromatic N) is 2. The Bertz CT molecular complexity index is 386. The number of pyridine rings is 1. The summed E-state index contributed by atoms with van der Waals surface area (Å²) in [5.41, 5.74) is 1.27. The van der Waals surface area contributed by atoms with Gasteiger partial charge in [-0.25, -0.2) is 0 Å². The van der Waals surface area contributed by atoms with Gasteiger partial charge in [-0.3, -0.25) is 9.78 Å². The van der Waals surface area contributed by atoms with Gasteiger partial charge in [-0.1, -0.05) is 6.07 Å². The van der Waals surface area contributed by atoms with Crippen molar-refractivity contribution in [3.63, 3.8) is 0 Å². The lowest BCUT2D eigenvalue weighted by Crippen LogP contribution is -2.38. The Balaban J connectivity index is 1.70. The molecule has 1 aliphatic heterocycles. The Morgan fingerprint density at radius 2 is 2.26 bits per heavy atom. The highest BCUT2D eigenvalue weighted by Gasteiger charge is 2.25. The van der Waals surface area contributed by atoms with Gasteiger partial charge in [-0.15, -0.1) is 0 Å². The monoisotopic (exact) mass is 262 g/mol. The Hall–Kier alpha value is -1.42. The second kappa shape index (κ2) is 7.24. The number of piperidine rings is 1. The van der Waals surface area contributed by atoms with E-state index in [-0.39, 0.29) is 11.9 Å². The number of aromatic nitrogens is 1. The van der Waals surface area contributed by atoms with Crippen molar-refractivity contribution < 1.29 is 9.53 Å². The number of carbonyl (C=O) groups is 1. The van der Waals surface area contributed by atoms with E-state index in [0.717, 1.165) is 38.9 Å². The highest BCUT2D eigenvalue weighted by Crippen LogP contribution is 2.18. The standard InChI is InChI=1S/C15H22N2O2/c1-2-19-15(18)14-6-10-17(11-7-14)9-5-13-4-3-8-16-12-13/h3-4,8,12,14H,2,5-7,9-11H2,1H3. The lowest BCUT2D eigenvalue weighted by molar-refractivity contribution is -0.149. The molecule has 0 spiro atoms. The van der Waals surface area contributed by atoms with Crippen LogP contribution in [0, 0.1) is 5.92 Å². The molecule has 1 saturated heterocycles. The van der Waals surface area contributed by atoms with Crippen LogP contribution in [0.1, 0.15) is 25.3 Å². The number of hydrogen-bond donors (Lipinski definition) is 0. The molecule has 1 aromatic heterocycles. The Kier molecular flexibility index (Phi) is 5.33. The van der Waals surface area contributed by atoms with E-state index in [9.17, 15) is 4.79 Å².